The molecule has 0 spiro atoms. The summed E-state index contributed by atoms with van der Waals surface area (Å²) in [5, 5.41) is 3.27. The molecule has 0 fully saturated rings. The fourth-order valence-electron chi connectivity index (χ4n) is 1.69. The summed E-state index contributed by atoms with van der Waals surface area (Å²) in [6.07, 6.45) is 5.22. The van der Waals surface area contributed by atoms with Crippen molar-refractivity contribution in [3.8, 4) is 0 Å². The number of ether oxygens (including phenoxy) is 1. The highest BCUT2D eigenvalue weighted by molar-refractivity contribution is 5.86. The number of carbonyl (C=O) groups is 1. The van der Waals surface area contributed by atoms with Crippen LogP contribution in [0, 0.1) is 5.92 Å². The van der Waals surface area contributed by atoms with Crippen LogP contribution in [0.5, 0.6) is 0 Å². The van der Waals surface area contributed by atoms with Gasteiger partial charge in [0.2, 0.25) is 0 Å². The van der Waals surface area contributed by atoms with Crippen LogP contribution >= 0.6 is 0 Å². The number of methoxy groups -OCH3 is 1. The van der Waals surface area contributed by atoms with Crippen molar-refractivity contribution in [2.45, 2.75) is 39.7 Å². The first-order valence-corrected chi connectivity index (χ1v) is 6.23. The number of anilines is 1. The minimum absolute atomic E-state index is 0.220. The number of carbonyl (C=O) groups excluding carboxylic acids is 1. The molecule has 0 saturated heterocycles. The Morgan fingerprint density at radius 2 is 2.11 bits per heavy atom. The Hall–Kier alpha value is -1.65. The molecule has 1 N–H and O–H groups in total. The van der Waals surface area contributed by atoms with Crippen molar-refractivity contribution in [2.75, 3.05) is 12.4 Å². The van der Waals surface area contributed by atoms with Gasteiger partial charge in [-0.2, -0.15) is 0 Å². The van der Waals surface area contributed by atoms with Crippen LogP contribution in [0.3, 0.4) is 0 Å². The van der Waals surface area contributed by atoms with Crippen LogP contribution in [0.4, 0.5) is 5.82 Å². The number of aromatic nitrogens is 2. The summed E-state index contributed by atoms with van der Waals surface area (Å²) in [4.78, 5) is 19.3. The lowest BCUT2D eigenvalue weighted by Gasteiger charge is -2.17. The van der Waals surface area contributed by atoms with E-state index in [4.69, 9.17) is 0 Å². The van der Waals surface area contributed by atoms with Crippen molar-refractivity contribution < 1.29 is 9.53 Å². The fourth-order valence-corrected chi connectivity index (χ4v) is 1.69. The van der Waals surface area contributed by atoms with E-state index in [1.54, 1.807) is 6.20 Å². The SMILES string of the molecule is CCC(C)CC(C)Nc1cnc(C(=O)OC)cn1. The lowest BCUT2D eigenvalue weighted by molar-refractivity contribution is 0.0593. The van der Waals surface area contributed by atoms with E-state index in [1.165, 1.54) is 19.7 Å². The molecule has 18 heavy (non-hydrogen) atoms. The maximum atomic E-state index is 11.2. The molecule has 2 atom stereocenters. The van der Waals surface area contributed by atoms with Crippen LogP contribution in [0.15, 0.2) is 12.4 Å². The average molecular weight is 251 g/mol. The molecule has 1 rings (SSSR count). The van der Waals surface area contributed by atoms with Gasteiger partial charge in [0.25, 0.3) is 0 Å². The first-order valence-electron chi connectivity index (χ1n) is 6.23. The van der Waals surface area contributed by atoms with Gasteiger partial charge in [-0.3, -0.25) is 0 Å². The fraction of sp³-hybridized carbons (Fsp3) is 0.615. The third kappa shape index (κ3) is 4.31. The van der Waals surface area contributed by atoms with Crippen molar-refractivity contribution in [1.82, 2.24) is 9.97 Å². The van der Waals surface area contributed by atoms with Crippen molar-refractivity contribution in [3.63, 3.8) is 0 Å². The van der Waals surface area contributed by atoms with E-state index in [2.05, 4.69) is 40.8 Å². The van der Waals surface area contributed by atoms with Gasteiger partial charge < -0.3 is 10.1 Å². The summed E-state index contributed by atoms with van der Waals surface area (Å²) in [6, 6.07) is 0.332. The van der Waals surface area contributed by atoms with E-state index in [1.807, 2.05) is 0 Å². The molecule has 1 heterocycles. The van der Waals surface area contributed by atoms with Crippen LogP contribution < -0.4 is 5.32 Å². The number of hydrogen-bond acceptors (Lipinski definition) is 5. The summed E-state index contributed by atoms with van der Waals surface area (Å²) in [5.74, 6) is 0.884. The smallest absolute Gasteiger partial charge is 0.358 e. The highest BCUT2D eigenvalue weighted by atomic mass is 16.5. The molecule has 5 heteroatoms. The lowest BCUT2D eigenvalue weighted by Crippen LogP contribution is -2.19. The zero-order chi connectivity index (χ0) is 13.5. The van der Waals surface area contributed by atoms with Gasteiger partial charge in [-0.05, 0) is 19.3 Å². The van der Waals surface area contributed by atoms with E-state index in [0.717, 1.165) is 6.42 Å². The predicted molar refractivity (Wildman–Crippen MR) is 70.5 cm³/mol. The highest BCUT2D eigenvalue weighted by Gasteiger charge is 2.10. The Morgan fingerprint density at radius 1 is 1.39 bits per heavy atom. The van der Waals surface area contributed by atoms with E-state index < -0.39 is 5.97 Å². The maximum absolute atomic E-state index is 11.2. The van der Waals surface area contributed by atoms with Gasteiger partial charge in [0, 0.05) is 6.04 Å². The average Bonchev–Trinajstić information content (AvgIpc) is 2.38. The van der Waals surface area contributed by atoms with Gasteiger partial charge in [-0.25, -0.2) is 14.8 Å². The van der Waals surface area contributed by atoms with E-state index >= 15 is 0 Å². The second-order valence-electron chi connectivity index (χ2n) is 4.57. The van der Waals surface area contributed by atoms with Crippen LogP contribution in [-0.4, -0.2) is 29.1 Å². The van der Waals surface area contributed by atoms with Gasteiger partial charge in [0.1, 0.15) is 5.82 Å². The van der Waals surface area contributed by atoms with Gasteiger partial charge in [0.05, 0.1) is 19.5 Å². The van der Waals surface area contributed by atoms with Crippen LogP contribution in [0.2, 0.25) is 0 Å². The molecule has 0 radical (unpaired) electrons. The Balaban J connectivity index is 2.55. The molecule has 0 amide bonds. The molecule has 1 aromatic heterocycles. The molecule has 2 unspecified atom stereocenters. The summed E-state index contributed by atoms with van der Waals surface area (Å²) in [5.41, 5.74) is 0.220. The summed E-state index contributed by atoms with van der Waals surface area (Å²) < 4.78 is 4.56. The molecule has 100 valence electrons. The molecule has 0 aliphatic heterocycles. The van der Waals surface area contributed by atoms with Crippen molar-refractivity contribution in [3.05, 3.63) is 18.1 Å². The molecule has 0 bridgehead atoms. The summed E-state index contributed by atoms with van der Waals surface area (Å²) >= 11 is 0. The lowest BCUT2D eigenvalue weighted by atomic mass is 10.0. The normalized spacial score (nSPS) is 13.8. The third-order valence-electron chi connectivity index (χ3n) is 2.89. The molecule has 0 aliphatic rings. The van der Waals surface area contributed by atoms with Crippen molar-refractivity contribution in [2.24, 2.45) is 5.92 Å². The maximum Gasteiger partial charge on any atom is 0.358 e. The Bertz CT molecular complexity index is 378. The number of esters is 1. The van der Waals surface area contributed by atoms with Crippen molar-refractivity contribution >= 4 is 11.8 Å². The number of nitrogens with one attached hydrogen (secondary N) is 1. The number of nitrogens with zero attached hydrogens (tertiary/aromatic N) is 2. The molecule has 0 saturated carbocycles. The summed E-state index contributed by atoms with van der Waals surface area (Å²) in [6.45, 7) is 6.52. The standard InChI is InChI=1S/C13H21N3O2/c1-5-9(2)6-10(3)16-12-8-14-11(7-15-12)13(17)18-4/h7-10H,5-6H2,1-4H3,(H,15,16). The first kappa shape index (κ1) is 14.4. The molecule has 0 aromatic carbocycles. The van der Waals surface area contributed by atoms with Crippen LogP contribution in [0.25, 0.3) is 0 Å². The van der Waals surface area contributed by atoms with Crippen LogP contribution in [0.1, 0.15) is 44.1 Å². The van der Waals surface area contributed by atoms with Crippen molar-refractivity contribution in [1.29, 1.82) is 0 Å². The van der Waals surface area contributed by atoms with Gasteiger partial charge in [0.15, 0.2) is 5.69 Å². The quantitative estimate of drug-likeness (QED) is 0.787. The van der Waals surface area contributed by atoms with Gasteiger partial charge in [-0.15, -0.1) is 0 Å². The Labute approximate surface area is 108 Å². The number of hydrogen-bond donors (Lipinski definition) is 1. The molecular formula is C13H21N3O2. The molecular weight excluding hydrogens is 230 g/mol. The third-order valence-corrected chi connectivity index (χ3v) is 2.89. The monoisotopic (exact) mass is 251 g/mol. The zero-order valence-electron chi connectivity index (χ0n) is 11.4. The van der Waals surface area contributed by atoms with E-state index in [9.17, 15) is 4.79 Å². The second kappa shape index (κ2) is 6.93. The highest BCUT2D eigenvalue weighted by Crippen LogP contribution is 2.13. The minimum Gasteiger partial charge on any atom is -0.464 e. The Morgan fingerprint density at radius 3 is 2.61 bits per heavy atom. The molecule has 1 aromatic rings. The molecule has 5 nitrogen and oxygen atoms in total. The van der Waals surface area contributed by atoms with Gasteiger partial charge in [-0.1, -0.05) is 20.3 Å². The predicted octanol–water partition coefficient (Wildman–Crippen LogP) is 2.50. The van der Waals surface area contributed by atoms with Crippen LogP contribution in [-0.2, 0) is 4.74 Å². The zero-order valence-corrected chi connectivity index (χ0v) is 11.4. The largest absolute Gasteiger partial charge is 0.464 e. The minimum atomic E-state index is -0.471. The van der Waals surface area contributed by atoms with E-state index in [-0.39, 0.29) is 5.69 Å². The first-order chi connectivity index (χ1) is 8.56. The number of rotatable bonds is 6. The Kier molecular flexibility index (Phi) is 5.55. The second-order valence-corrected chi connectivity index (χ2v) is 4.57. The summed E-state index contributed by atoms with van der Waals surface area (Å²) in [7, 11) is 1.32. The van der Waals surface area contributed by atoms with Gasteiger partial charge >= 0.3 is 5.97 Å². The topological polar surface area (TPSA) is 64.1 Å². The molecule has 0 aliphatic carbocycles. The van der Waals surface area contributed by atoms with E-state index in [0.29, 0.717) is 17.8 Å².